The van der Waals surface area contributed by atoms with Crippen LogP contribution in [0, 0.1) is 11.8 Å². The normalized spacial score (nSPS) is 10.5. The summed E-state index contributed by atoms with van der Waals surface area (Å²) < 4.78 is 10.9. The van der Waals surface area contributed by atoms with Crippen molar-refractivity contribution < 1.29 is 14.3 Å². The quantitative estimate of drug-likeness (QED) is 0.616. The molecule has 0 radical (unpaired) electrons. The molecule has 1 rings (SSSR count). The van der Waals surface area contributed by atoms with E-state index in [0.29, 0.717) is 35.8 Å². The molecule has 1 N–H and O–H groups in total. The third-order valence-electron chi connectivity index (χ3n) is 2.93. The molecule has 0 heterocycles. The first kappa shape index (κ1) is 17.6. The van der Waals surface area contributed by atoms with Gasteiger partial charge in [0.15, 0.2) is 11.5 Å². The van der Waals surface area contributed by atoms with Crippen LogP contribution in [0.5, 0.6) is 11.5 Å². The van der Waals surface area contributed by atoms with Crippen molar-refractivity contribution in [2.45, 2.75) is 33.6 Å². The third kappa shape index (κ3) is 5.53. The summed E-state index contributed by atoms with van der Waals surface area (Å²) >= 11 is 0. The van der Waals surface area contributed by atoms with Gasteiger partial charge in [-0.25, -0.2) is 0 Å². The first-order valence-electron chi connectivity index (χ1n) is 7.30. The van der Waals surface area contributed by atoms with Gasteiger partial charge in [0.05, 0.1) is 13.7 Å². The van der Waals surface area contributed by atoms with E-state index in [0.717, 1.165) is 6.42 Å². The lowest BCUT2D eigenvalue weighted by Gasteiger charge is -2.12. The van der Waals surface area contributed by atoms with Gasteiger partial charge in [0.1, 0.15) is 0 Å². The molecule has 0 aromatic heterocycles. The monoisotopic (exact) mass is 301 g/mol. The minimum absolute atomic E-state index is 0.149. The maximum atomic E-state index is 12.1. The number of hydrogen-bond acceptors (Lipinski definition) is 3. The van der Waals surface area contributed by atoms with Crippen LogP contribution in [-0.4, -0.2) is 19.6 Å². The number of nitrogens with one attached hydrogen (secondary N) is 1. The van der Waals surface area contributed by atoms with Crippen molar-refractivity contribution in [1.29, 1.82) is 0 Å². The lowest BCUT2D eigenvalue weighted by atomic mass is 10.2. The van der Waals surface area contributed by atoms with Crippen molar-refractivity contribution >= 4 is 11.6 Å². The fraction of sp³-hybridized carbons (Fsp3) is 0.389. The van der Waals surface area contributed by atoms with Gasteiger partial charge in [0.2, 0.25) is 0 Å². The van der Waals surface area contributed by atoms with Crippen molar-refractivity contribution in [2.24, 2.45) is 0 Å². The zero-order chi connectivity index (χ0) is 16.4. The molecule has 0 saturated carbocycles. The van der Waals surface area contributed by atoms with Crippen LogP contribution in [0.25, 0.3) is 0 Å². The number of benzene rings is 1. The minimum Gasteiger partial charge on any atom is -0.493 e. The molecule has 1 aromatic rings. The molecule has 22 heavy (non-hydrogen) atoms. The van der Waals surface area contributed by atoms with Gasteiger partial charge in [-0.3, -0.25) is 4.79 Å². The molecule has 4 nitrogen and oxygen atoms in total. The predicted molar refractivity (Wildman–Crippen MR) is 89.2 cm³/mol. The zero-order valence-corrected chi connectivity index (χ0v) is 13.7. The number of methoxy groups -OCH3 is 1. The summed E-state index contributed by atoms with van der Waals surface area (Å²) in [5.74, 6) is 6.82. The smallest absolute Gasteiger partial charge is 0.251 e. The molecular weight excluding hydrogens is 278 g/mol. The second kappa shape index (κ2) is 9.51. The SMILES string of the molecule is CC#CC/C=C(\C)C(=O)Nc1ccc(OC)c(OCCC)c1. The highest BCUT2D eigenvalue weighted by molar-refractivity contribution is 6.03. The van der Waals surface area contributed by atoms with Crippen LogP contribution in [0.2, 0.25) is 0 Å². The predicted octanol–water partition coefficient (Wildman–Crippen LogP) is 3.78. The minimum atomic E-state index is -0.149. The van der Waals surface area contributed by atoms with Gasteiger partial charge >= 0.3 is 0 Å². The Labute approximate surface area is 132 Å². The largest absolute Gasteiger partial charge is 0.493 e. The Morgan fingerprint density at radius 3 is 2.77 bits per heavy atom. The molecule has 118 valence electrons. The number of rotatable bonds is 7. The Balaban J connectivity index is 2.81. The van der Waals surface area contributed by atoms with Crippen molar-refractivity contribution in [3.8, 4) is 23.3 Å². The average Bonchev–Trinajstić information content (AvgIpc) is 2.53. The maximum Gasteiger partial charge on any atom is 0.251 e. The third-order valence-corrected chi connectivity index (χ3v) is 2.93. The van der Waals surface area contributed by atoms with Gasteiger partial charge in [-0.1, -0.05) is 18.9 Å². The van der Waals surface area contributed by atoms with Gasteiger partial charge in [-0.15, -0.1) is 5.92 Å². The molecule has 0 aliphatic heterocycles. The first-order valence-corrected chi connectivity index (χ1v) is 7.30. The van der Waals surface area contributed by atoms with E-state index in [1.54, 1.807) is 39.2 Å². The highest BCUT2D eigenvalue weighted by Gasteiger charge is 2.09. The number of carbonyl (C=O) groups is 1. The molecular formula is C18H23NO3. The van der Waals surface area contributed by atoms with Crippen LogP contribution >= 0.6 is 0 Å². The van der Waals surface area contributed by atoms with Crippen LogP contribution in [0.15, 0.2) is 29.8 Å². The molecule has 0 atom stereocenters. The molecule has 0 aliphatic carbocycles. The Kier molecular flexibility index (Phi) is 7.63. The Morgan fingerprint density at radius 1 is 1.36 bits per heavy atom. The van der Waals surface area contributed by atoms with Gasteiger partial charge in [-0.05, 0) is 32.4 Å². The van der Waals surface area contributed by atoms with E-state index in [2.05, 4.69) is 17.2 Å². The number of carbonyl (C=O) groups excluding carboxylic acids is 1. The Bertz CT molecular complexity index is 594. The number of ether oxygens (including phenoxy) is 2. The highest BCUT2D eigenvalue weighted by Crippen LogP contribution is 2.30. The van der Waals surface area contributed by atoms with Crippen LogP contribution < -0.4 is 14.8 Å². The molecule has 0 fully saturated rings. The first-order chi connectivity index (χ1) is 10.6. The number of anilines is 1. The number of hydrogen-bond donors (Lipinski definition) is 1. The zero-order valence-electron chi connectivity index (χ0n) is 13.7. The summed E-state index contributed by atoms with van der Waals surface area (Å²) in [7, 11) is 1.59. The summed E-state index contributed by atoms with van der Waals surface area (Å²) in [6, 6.07) is 5.34. The van der Waals surface area contributed by atoms with E-state index in [9.17, 15) is 4.79 Å². The number of allylic oxidation sites excluding steroid dienone is 1. The topological polar surface area (TPSA) is 47.6 Å². The second-order valence-corrected chi connectivity index (χ2v) is 4.69. The van der Waals surface area contributed by atoms with Crippen molar-refractivity contribution in [3.63, 3.8) is 0 Å². The van der Waals surface area contributed by atoms with Crippen LogP contribution in [-0.2, 0) is 4.79 Å². The Morgan fingerprint density at radius 2 is 2.14 bits per heavy atom. The summed E-state index contributed by atoms with van der Waals surface area (Å²) in [4.78, 5) is 12.1. The van der Waals surface area contributed by atoms with Crippen LogP contribution in [0.4, 0.5) is 5.69 Å². The number of amides is 1. The van der Waals surface area contributed by atoms with E-state index in [1.165, 1.54) is 0 Å². The van der Waals surface area contributed by atoms with E-state index in [1.807, 2.05) is 13.0 Å². The van der Waals surface area contributed by atoms with Crippen LogP contribution in [0.1, 0.15) is 33.6 Å². The fourth-order valence-corrected chi connectivity index (χ4v) is 1.71. The maximum absolute atomic E-state index is 12.1. The van der Waals surface area contributed by atoms with Gasteiger partial charge in [0, 0.05) is 23.7 Å². The van der Waals surface area contributed by atoms with Gasteiger partial charge < -0.3 is 14.8 Å². The van der Waals surface area contributed by atoms with Crippen molar-refractivity contribution in [3.05, 3.63) is 29.8 Å². The summed E-state index contributed by atoms with van der Waals surface area (Å²) in [5.41, 5.74) is 1.31. The van der Waals surface area contributed by atoms with E-state index in [-0.39, 0.29) is 5.91 Å². The Hall–Kier alpha value is -2.41. The van der Waals surface area contributed by atoms with Crippen molar-refractivity contribution in [1.82, 2.24) is 0 Å². The van der Waals surface area contributed by atoms with Gasteiger partial charge in [-0.2, -0.15) is 0 Å². The highest BCUT2D eigenvalue weighted by atomic mass is 16.5. The molecule has 0 aliphatic rings. The fourth-order valence-electron chi connectivity index (χ4n) is 1.71. The van der Waals surface area contributed by atoms with Crippen LogP contribution in [0.3, 0.4) is 0 Å². The molecule has 1 aromatic carbocycles. The molecule has 0 bridgehead atoms. The van der Waals surface area contributed by atoms with E-state index in [4.69, 9.17) is 9.47 Å². The van der Waals surface area contributed by atoms with E-state index < -0.39 is 0 Å². The summed E-state index contributed by atoms with van der Waals surface area (Å²) in [5, 5.41) is 2.85. The molecule has 1 amide bonds. The summed E-state index contributed by atoms with van der Waals surface area (Å²) in [6.07, 6.45) is 3.28. The molecule has 0 saturated heterocycles. The second-order valence-electron chi connectivity index (χ2n) is 4.69. The molecule has 4 heteroatoms. The molecule has 0 spiro atoms. The van der Waals surface area contributed by atoms with Gasteiger partial charge in [0.25, 0.3) is 5.91 Å². The lowest BCUT2D eigenvalue weighted by molar-refractivity contribution is -0.112. The van der Waals surface area contributed by atoms with E-state index >= 15 is 0 Å². The lowest BCUT2D eigenvalue weighted by Crippen LogP contribution is -2.12. The summed E-state index contributed by atoms with van der Waals surface area (Å²) in [6.45, 7) is 6.18. The molecule has 0 unspecified atom stereocenters. The standard InChI is InChI=1S/C18H23NO3/c1-5-7-8-9-14(3)18(20)19-15-10-11-16(21-4)17(13-15)22-12-6-2/h9-11,13H,6,8,12H2,1-4H3,(H,19,20)/b14-9+. The average molecular weight is 301 g/mol. The van der Waals surface area contributed by atoms with Crippen molar-refractivity contribution in [2.75, 3.05) is 19.0 Å².